The fourth-order valence-corrected chi connectivity index (χ4v) is 5.65. The van der Waals surface area contributed by atoms with Crippen molar-refractivity contribution in [1.82, 2.24) is 9.88 Å². The Morgan fingerprint density at radius 1 is 1.00 bits per heavy atom. The first kappa shape index (κ1) is 20.0. The van der Waals surface area contributed by atoms with E-state index >= 15 is 0 Å². The summed E-state index contributed by atoms with van der Waals surface area (Å²) in [5.41, 5.74) is 6.23. The van der Waals surface area contributed by atoms with E-state index in [1.54, 1.807) is 12.0 Å². The van der Waals surface area contributed by atoms with E-state index in [9.17, 15) is 4.79 Å². The molecule has 3 heterocycles. The number of fused-ring (bicyclic) bond motifs is 4. The van der Waals surface area contributed by atoms with Gasteiger partial charge in [0.2, 0.25) is 0 Å². The molecule has 0 spiro atoms. The number of methoxy groups -OCH3 is 1. The second-order valence-electron chi connectivity index (χ2n) is 8.63. The zero-order chi connectivity index (χ0) is 22.7. The Hall–Kier alpha value is -3.64. The number of amides is 1. The predicted octanol–water partition coefficient (Wildman–Crippen LogP) is 5.13. The van der Waals surface area contributed by atoms with Crippen molar-refractivity contribution in [3.8, 4) is 5.75 Å². The molecule has 1 aromatic heterocycles. The average Bonchev–Trinajstić information content (AvgIpc) is 3.33. The van der Waals surface area contributed by atoms with Crippen molar-refractivity contribution >= 4 is 39.8 Å². The molecule has 0 bridgehead atoms. The maximum Gasteiger partial charge on any atom is 0.256 e. The molecule has 3 aromatic carbocycles. The lowest BCUT2D eigenvalue weighted by molar-refractivity contribution is -0.120. The normalized spacial score (nSPS) is 19.7. The first-order valence-electron chi connectivity index (χ1n) is 11.0. The molecule has 2 atom stereocenters. The number of aryl methyl sites for hydroxylation is 1. The summed E-state index contributed by atoms with van der Waals surface area (Å²) in [6.07, 6.45) is 0.604. The average molecular weight is 454 g/mol. The number of nitrogens with zero attached hydrogens (tertiary/aromatic N) is 2. The Labute approximate surface area is 197 Å². The van der Waals surface area contributed by atoms with Gasteiger partial charge in [0.1, 0.15) is 17.8 Å². The summed E-state index contributed by atoms with van der Waals surface area (Å²) in [4.78, 5) is 21.2. The largest absolute Gasteiger partial charge is 0.496 e. The summed E-state index contributed by atoms with van der Waals surface area (Å²) in [6, 6.07) is 23.6. The highest BCUT2D eigenvalue weighted by Gasteiger charge is 2.51. The van der Waals surface area contributed by atoms with Crippen LogP contribution in [0.2, 0.25) is 0 Å². The van der Waals surface area contributed by atoms with E-state index in [4.69, 9.17) is 17.0 Å². The van der Waals surface area contributed by atoms with Gasteiger partial charge in [-0.15, -0.1) is 0 Å². The number of aromatic amines is 1. The third-order valence-electron chi connectivity index (χ3n) is 6.77. The van der Waals surface area contributed by atoms with Gasteiger partial charge in [0, 0.05) is 28.6 Å². The van der Waals surface area contributed by atoms with Gasteiger partial charge in [0.25, 0.3) is 5.91 Å². The Morgan fingerprint density at radius 3 is 2.52 bits per heavy atom. The molecular weight excluding hydrogens is 430 g/mol. The molecule has 33 heavy (non-hydrogen) atoms. The lowest BCUT2D eigenvalue weighted by atomic mass is 9.88. The number of para-hydroxylation sites is 2. The zero-order valence-electron chi connectivity index (χ0n) is 18.4. The van der Waals surface area contributed by atoms with Crippen LogP contribution in [0.1, 0.15) is 28.4 Å². The van der Waals surface area contributed by atoms with E-state index in [0.29, 0.717) is 11.5 Å². The van der Waals surface area contributed by atoms with Gasteiger partial charge in [0.15, 0.2) is 5.11 Å². The van der Waals surface area contributed by atoms with E-state index in [2.05, 4.69) is 28.1 Å². The van der Waals surface area contributed by atoms with Crippen LogP contribution in [0, 0.1) is 6.92 Å². The standard InChI is InChI=1S/C27H23N3O2S/c1-16-11-13-17(14-12-16)29-26(31)22-15-20-18-7-3-5-9-21(18)28-24(20)25(30(22)27(29)33)19-8-4-6-10-23(19)32-2/h3-14,22,25,28H,15H2,1-2H3. The van der Waals surface area contributed by atoms with Crippen molar-refractivity contribution in [1.29, 1.82) is 0 Å². The highest BCUT2D eigenvalue weighted by Crippen LogP contribution is 2.46. The van der Waals surface area contributed by atoms with Crippen molar-refractivity contribution in [3.63, 3.8) is 0 Å². The van der Waals surface area contributed by atoms with Gasteiger partial charge in [-0.2, -0.15) is 0 Å². The molecule has 1 N–H and O–H groups in total. The first-order valence-corrected chi connectivity index (χ1v) is 11.4. The molecule has 1 amide bonds. The van der Waals surface area contributed by atoms with E-state index in [0.717, 1.165) is 39.2 Å². The number of carbonyl (C=O) groups excluding carboxylic acids is 1. The molecule has 6 heteroatoms. The van der Waals surface area contributed by atoms with Gasteiger partial charge in [-0.05, 0) is 49.0 Å². The second kappa shape index (κ2) is 7.46. The summed E-state index contributed by atoms with van der Waals surface area (Å²) in [5.74, 6) is 0.788. The molecule has 1 fully saturated rings. The minimum Gasteiger partial charge on any atom is -0.496 e. The number of aromatic nitrogens is 1. The van der Waals surface area contributed by atoms with Crippen molar-refractivity contribution in [2.75, 3.05) is 12.0 Å². The molecule has 2 unspecified atom stereocenters. The molecule has 164 valence electrons. The predicted molar refractivity (Wildman–Crippen MR) is 134 cm³/mol. The number of anilines is 1. The number of hydrogen-bond acceptors (Lipinski definition) is 3. The van der Waals surface area contributed by atoms with Crippen LogP contribution in [0.25, 0.3) is 10.9 Å². The number of nitrogens with one attached hydrogen (secondary N) is 1. The van der Waals surface area contributed by atoms with Gasteiger partial charge in [-0.1, -0.05) is 54.1 Å². The minimum atomic E-state index is -0.375. The highest BCUT2D eigenvalue weighted by atomic mass is 32.1. The number of carbonyl (C=O) groups is 1. The number of hydrogen-bond donors (Lipinski definition) is 1. The fourth-order valence-electron chi connectivity index (χ4n) is 5.22. The number of ether oxygens (including phenoxy) is 1. The molecule has 5 nitrogen and oxygen atoms in total. The minimum absolute atomic E-state index is 0.0136. The van der Waals surface area contributed by atoms with Crippen LogP contribution in [0.5, 0.6) is 5.75 Å². The Bertz CT molecular complexity index is 1410. The van der Waals surface area contributed by atoms with Crippen molar-refractivity contribution < 1.29 is 9.53 Å². The van der Waals surface area contributed by atoms with E-state index in [1.165, 1.54) is 5.56 Å². The summed E-state index contributed by atoms with van der Waals surface area (Å²) in [6.45, 7) is 2.03. The highest BCUT2D eigenvalue weighted by molar-refractivity contribution is 7.80. The molecule has 0 radical (unpaired) electrons. The molecule has 2 aliphatic rings. The number of benzene rings is 3. The van der Waals surface area contributed by atoms with Crippen LogP contribution < -0.4 is 9.64 Å². The summed E-state index contributed by atoms with van der Waals surface area (Å²) in [5, 5.41) is 1.67. The molecule has 6 rings (SSSR count). The van der Waals surface area contributed by atoms with Crippen LogP contribution >= 0.6 is 12.2 Å². The SMILES string of the molecule is COc1ccccc1C1c2[nH]c3ccccc3c2CC2C(=O)N(c3ccc(C)cc3)C(=S)N21. The molecule has 2 aliphatic heterocycles. The topological polar surface area (TPSA) is 48.6 Å². The van der Waals surface area contributed by atoms with E-state index in [-0.39, 0.29) is 18.0 Å². The zero-order valence-corrected chi connectivity index (χ0v) is 19.2. The van der Waals surface area contributed by atoms with Gasteiger partial charge < -0.3 is 14.6 Å². The van der Waals surface area contributed by atoms with Crippen LogP contribution in [0.15, 0.2) is 72.8 Å². The van der Waals surface area contributed by atoms with Crippen LogP contribution in [-0.2, 0) is 11.2 Å². The van der Waals surface area contributed by atoms with Crippen molar-refractivity contribution in [2.24, 2.45) is 0 Å². The quantitative estimate of drug-likeness (QED) is 0.437. The maximum atomic E-state index is 13.8. The van der Waals surface area contributed by atoms with E-state index in [1.807, 2.05) is 61.5 Å². The second-order valence-corrected chi connectivity index (χ2v) is 8.99. The van der Waals surface area contributed by atoms with Gasteiger partial charge in [-0.3, -0.25) is 9.69 Å². The van der Waals surface area contributed by atoms with Crippen molar-refractivity contribution in [2.45, 2.75) is 25.4 Å². The third kappa shape index (κ3) is 2.91. The summed E-state index contributed by atoms with van der Waals surface area (Å²) < 4.78 is 5.74. The smallest absolute Gasteiger partial charge is 0.256 e. The lowest BCUT2D eigenvalue weighted by Gasteiger charge is -2.37. The van der Waals surface area contributed by atoms with Gasteiger partial charge in [-0.25, -0.2) is 0 Å². The first-order chi connectivity index (χ1) is 16.1. The lowest BCUT2D eigenvalue weighted by Crippen LogP contribution is -2.44. The third-order valence-corrected chi connectivity index (χ3v) is 7.17. The fraction of sp³-hybridized carbons (Fsp3) is 0.185. The van der Waals surface area contributed by atoms with Crippen LogP contribution in [0.4, 0.5) is 5.69 Å². The summed E-state index contributed by atoms with van der Waals surface area (Å²) >= 11 is 5.97. The number of thiocarbonyl (C=S) groups is 1. The Kier molecular flexibility index (Phi) is 4.52. The molecule has 1 saturated heterocycles. The van der Waals surface area contributed by atoms with Crippen LogP contribution in [0.3, 0.4) is 0 Å². The molecule has 0 saturated carbocycles. The molecular formula is C27H23N3O2S. The Balaban J connectivity index is 1.56. The van der Waals surface area contributed by atoms with E-state index < -0.39 is 0 Å². The number of rotatable bonds is 3. The molecule has 0 aliphatic carbocycles. The number of H-pyrrole nitrogens is 1. The monoisotopic (exact) mass is 453 g/mol. The summed E-state index contributed by atoms with van der Waals surface area (Å²) in [7, 11) is 1.68. The maximum absolute atomic E-state index is 13.8. The van der Waals surface area contributed by atoms with Gasteiger partial charge >= 0.3 is 0 Å². The van der Waals surface area contributed by atoms with Gasteiger partial charge in [0.05, 0.1) is 12.8 Å². The van der Waals surface area contributed by atoms with Crippen molar-refractivity contribution in [3.05, 3.63) is 95.2 Å². The molecule has 4 aromatic rings. The Morgan fingerprint density at radius 2 is 1.73 bits per heavy atom. The van der Waals surface area contributed by atoms with Crippen LogP contribution in [-0.4, -0.2) is 34.1 Å².